The fourth-order valence-corrected chi connectivity index (χ4v) is 2.31. The van der Waals surface area contributed by atoms with Gasteiger partial charge in [0.15, 0.2) is 17.3 Å². The summed E-state index contributed by atoms with van der Waals surface area (Å²) in [5.41, 5.74) is 1.21. The summed E-state index contributed by atoms with van der Waals surface area (Å²) in [4.78, 5) is 12.0. The van der Waals surface area contributed by atoms with E-state index in [4.69, 9.17) is 4.74 Å². The second-order valence-electron chi connectivity index (χ2n) is 4.53. The lowest BCUT2D eigenvalue weighted by Crippen LogP contribution is -1.94. The molecular weight excluding hydrogens is 348 g/mol. The normalized spacial score (nSPS) is 10.8. The van der Waals surface area contributed by atoms with E-state index < -0.39 is 0 Å². The Morgan fingerprint density at radius 1 is 1.23 bits per heavy atom. The highest BCUT2D eigenvalue weighted by Crippen LogP contribution is 2.35. The van der Waals surface area contributed by atoms with E-state index in [-0.39, 0.29) is 17.3 Å². The monoisotopic (exact) mass is 362 g/mol. The van der Waals surface area contributed by atoms with E-state index in [2.05, 4.69) is 15.9 Å². The molecule has 0 amide bonds. The van der Waals surface area contributed by atoms with Crippen LogP contribution in [0.2, 0.25) is 0 Å². The van der Waals surface area contributed by atoms with E-state index in [9.17, 15) is 15.0 Å². The number of halogens is 1. The molecule has 0 aliphatic rings. The zero-order valence-electron chi connectivity index (χ0n) is 11.9. The molecule has 0 aromatic heterocycles. The van der Waals surface area contributed by atoms with Crippen molar-refractivity contribution < 1.29 is 19.7 Å². The van der Waals surface area contributed by atoms with Gasteiger partial charge < -0.3 is 14.9 Å². The van der Waals surface area contributed by atoms with Crippen molar-refractivity contribution >= 4 is 27.8 Å². The van der Waals surface area contributed by atoms with Crippen LogP contribution in [0.15, 0.2) is 46.9 Å². The summed E-state index contributed by atoms with van der Waals surface area (Å²) >= 11 is 3.25. The first-order chi connectivity index (χ1) is 10.5. The number of ketones is 1. The third kappa shape index (κ3) is 3.89. The first-order valence-electron chi connectivity index (χ1n) is 6.68. The van der Waals surface area contributed by atoms with Crippen molar-refractivity contribution in [3.63, 3.8) is 0 Å². The van der Waals surface area contributed by atoms with E-state index in [1.165, 1.54) is 18.2 Å². The summed E-state index contributed by atoms with van der Waals surface area (Å²) in [6, 6.07) is 9.39. The summed E-state index contributed by atoms with van der Waals surface area (Å²) in [6.07, 6.45) is 3.07. The Balaban J connectivity index is 2.22. The van der Waals surface area contributed by atoms with Crippen LogP contribution < -0.4 is 4.74 Å². The van der Waals surface area contributed by atoms with Crippen LogP contribution >= 0.6 is 15.9 Å². The Bertz CT molecular complexity index is 705. The highest BCUT2D eigenvalue weighted by atomic mass is 79.9. The summed E-state index contributed by atoms with van der Waals surface area (Å²) < 4.78 is 5.83. The van der Waals surface area contributed by atoms with Gasteiger partial charge in [0, 0.05) is 5.56 Å². The van der Waals surface area contributed by atoms with E-state index in [1.807, 2.05) is 6.92 Å². The van der Waals surface area contributed by atoms with Crippen LogP contribution in [0.4, 0.5) is 0 Å². The Labute approximate surface area is 136 Å². The molecule has 114 valence electrons. The van der Waals surface area contributed by atoms with Gasteiger partial charge in [-0.1, -0.05) is 6.08 Å². The summed E-state index contributed by atoms with van der Waals surface area (Å²) in [7, 11) is 0. The van der Waals surface area contributed by atoms with Gasteiger partial charge in [0.25, 0.3) is 0 Å². The third-order valence-corrected chi connectivity index (χ3v) is 3.53. The number of rotatable bonds is 5. The standard InChI is InChI=1S/C17H15BrO4/c1-2-22-16-10-11(9-14(18)17(16)21)3-8-15(20)12-4-6-13(19)7-5-12/h3-10,19,21H,2H2,1H3/b8-3+. The molecule has 22 heavy (non-hydrogen) atoms. The average Bonchev–Trinajstić information content (AvgIpc) is 2.50. The zero-order valence-corrected chi connectivity index (χ0v) is 13.5. The maximum absolute atomic E-state index is 12.0. The largest absolute Gasteiger partial charge is 0.508 e. The fourth-order valence-electron chi connectivity index (χ4n) is 1.85. The number of ether oxygens (including phenoxy) is 1. The number of phenolic OH excluding ortho intramolecular Hbond substituents is 2. The SMILES string of the molecule is CCOc1cc(/C=C/C(=O)c2ccc(O)cc2)cc(Br)c1O. The van der Waals surface area contributed by atoms with Crippen molar-refractivity contribution in [2.75, 3.05) is 6.61 Å². The van der Waals surface area contributed by atoms with Crippen molar-refractivity contribution in [3.05, 3.63) is 58.1 Å². The van der Waals surface area contributed by atoms with Crippen LogP contribution in [0.3, 0.4) is 0 Å². The number of aromatic hydroxyl groups is 2. The number of hydrogen-bond donors (Lipinski definition) is 2. The molecule has 4 nitrogen and oxygen atoms in total. The van der Waals surface area contributed by atoms with E-state index in [0.29, 0.717) is 22.4 Å². The molecule has 0 aliphatic carbocycles. The number of allylic oxidation sites excluding steroid dienone is 1. The van der Waals surface area contributed by atoms with Crippen molar-refractivity contribution in [3.8, 4) is 17.2 Å². The minimum Gasteiger partial charge on any atom is -0.508 e. The first-order valence-corrected chi connectivity index (χ1v) is 7.47. The second kappa shape index (κ2) is 7.13. The lowest BCUT2D eigenvalue weighted by molar-refractivity contribution is 0.104. The van der Waals surface area contributed by atoms with Crippen molar-refractivity contribution in [2.24, 2.45) is 0 Å². The highest BCUT2D eigenvalue weighted by Gasteiger charge is 2.08. The van der Waals surface area contributed by atoms with E-state index in [1.54, 1.807) is 30.3 Å². The van der Waals surface area contributed by atoms with Crippen LogP contribution in [0.1, 0.15) is 22.8 Å². The van der Waals surface area contributed by atoms with Gasteiger partial charge in [-0.05, 0) is 70.9 Å². The van der Waals surface area contributed by atoms with Gasteiger partial charge in [0.2, 0.25) is 0 Å². The molecule has 2 aromatic rings. The maximum atomic E-state index is 12.0. The van der Waals surface area contributed by atoms with Gasteiger partial charge in [-0.25, -0.2) is 0 Å². The molecule has 2 aromatic carbocycles. The Morgan fingerprint density at radius 3 is 2.55 bits per heavy atom. The first kappa shape index (κ1) is 16.1. The maximum Gasteiger partial charge on any atom is 0.185 e. The number of carbonyl (C=O) groups is 1. The highest BCUT2D eigenvalue weighted by molar-refractivity contribution is 9.10. The molecule has 0 heterocycles. The Morgan fingerprint density at radius 2 is 1.91 bits per heavy atom. The topological polar surface area (TPSA) is 66.8 Å². The van der Waals surface area contributed by atoms with Crippen LogP contribution in [-0.2, 0) is 0 Å². The number of benzene rings is 2. The Hall–Kier alpha value is -2.27. The summed E-state index contributed by atoms with van der Waals surface area (Å²) in [5, 5.41) is 19.1. The molecule has 5 heteroatoms. The minimum absolute atomic E-state index is 0.0314. The van der Waals surface area contributed by atoms with Gasteiger partial charge in [-0.3, -0.25) is 4.79 Å². The molecule has 0 atom stereocenters. The lowest BCUT2D eigenvalue weighted by Gasteiger charge is -2.08. The number of hydrogen-bond acceptors (Lipinski definition) is 4. The van der Waals surface area contributed by atoms with Gasteiger partial charge in [0.1, 0.15) is 5.75 Å². The third-order valence-electron chi connectivity index (χ3n) is 2.93. The van der Waals surface area contributed by atoms with Crippen LogP contribution in [0, 0.1) is 0 Å². The molecule has 0 unspecified atom stereocenters. The molecule has 0 spiro atoms. The van der Waals surface area contributed by atoms with E-state index >= 15 is 0 Å². The number of carbonyl (C=O) groups excluding carboxylic acids is 1. The average molecular weight is 363 g/mol. The van der Waals surface area contributed by atoms with Crippen molar-refractivity contribution in [1.29, 1.82) is 0 Å². The van der Waals surface area contributed by atoms with Crippen LogP contribution in [-0.4, -0.2) is 22.6 Å². The van der Waals surface area contributed by atoms with Gasteiger partial charge >= 0.3 is 0 Å². The summed E-state index contributed by atoms with van der Waals surface area (Å²) in [5.74, 6) is 0.323. The summed E-state index contributed by atoms with van der Waals surface area (Å²) in [6.45, 7) is 2.25. The zero-order chi connectivity index (χ0) is 16.1. The van der Waals surface area contributed by atoms with E-state index in [0.717, 1.165) is 5.56 Å². The molecule has 0 aliphatic heterocycles. The predicted octanol–water partition coefficient (Wildman–Crippen LogP) is 4.16. The molecule has 0 bridgehead atoms. The molecule has 2 N–H and O–H groups in total. The fraction of sp³-hybridized carbons (Fsp3) is 0.118. The molecule has 2 rings (SSSR count). The lowest BCUT2D eigenvalue weighted by atomic mass is 10.1. The van der Waals surface area contributed by atoms with Crippen LogP contribution in [0.5, 0.6) is 17.2 Å². The predicted molar refractivity (Wildman–Crippen MR) is 88.4 cm³/mol. The Kier molecular flexibility index (Phi) is 5.22. The molecule has 0 saturated heterocycles. The van der Waals surface area contributed by atoms with Gasteiger partial charge in [0.05, 0.1) is 11.1 Å². The quantitative estimate of drug-likeness (QED) is 0.619. The molecule has 0 radical (unpaired) electrons. The number of phenols is 2. The smallest absolute Gasteiger partial charge is 0.185 e. The molecule has 0 saturated carbocycles. The molecular formula is C17H15BrO4. The van der Waals surface area contributed by atoms with Crippen molar-refractivity contribution in [2.45, 2.75) is 6.92 Å². The second-order valence-corrected chi connectivity index (χ2v) is 5.38. The van der Waals surface area contributed by atoms with Gasteiger partial charge in [-0.2, -0.15) is 0 Å². The minimum atomic E-state index is -0.179. The van der Waals surface area contributed by atoms with Crippen LogP contribution in [0.25, 0.3) is 6.08 Å². The van der Waals surface area contributed by atoms with Gasteiger partial charge in [-0.15, -0.1) is 0 Å². The van der Waals surface area contributed by atoms with Crippen molar-refractivity contribution in [1.82, 2.24) is 0 Å². The molecule has 0 fully saturated rings.